The Morgan fingerprint density at radius 2 is 2.10 bits per heavy atom. The summed E-state index contributed by atoms with van der Waals surface area (Å²) in [6.07, 6.45) is 0. The van der Waals surface area contributed by atoms with E-state index in [1.165, 1.54) is 6.07 Å². The minimum absolute atomic E-state index is 0.125. The highest BCUT2D eigenvalue weighted by Crippen LogP contribution is 2.23. The molecule has 5 heteroatoms. The van der Waals surface area contributed by atoms with Crippen molar-refractivity contribution >= 4 is 17.4 Å². The van der Waals surface area contributed by atoms with Crippen LogP contribution in [0.25, 0.3) is 0 Å². The van der Waals surface area contributed by atoms with Gasteiger partial charge in [0.05, 0.1) is 5.56 Å². The van der Waals surface area contributed by atoms with Gasteiger partial charge in [-0.1, -0.05) is 11.6 Å². The normalized spacial score (nSPS) is 10.2. The molecule has 4 nitrogen and oxygen atoms in total. The number of rotatable bonds is 4. The fourth-order valence-electron chi connectivity index (χ4n) is 2.07. The summed E-state index contributed by atoms with van der Waals surface area (Å²) in [6, 6.07) is 8.57. The third-order valence-corrected chi connectivity index (χ3v) is 3.73. The van der Waals surface area contributed by atoms with Crippen molar-refractivity contribution in [3.8, 4) is 11.8 Å². The van der Waals surface area contributed by atoms with Crippen LogP contribution in [-0.4, -0.2) is 17.0 Å². The third-order valence-electron chi connectivity index (χ3n) is 3.50. The monoisotopic (exact) mass is 302 g/mol. The van der Waals surface area contributed by atoms with E-state index in [2.05, 4.69) is 0 Å². The molecule has 2 aromatic rings. The van der Waals surface area contributed by atoms with Gasteiger partial charge in [-0.05, 0) is 32.0 Å². The van der Waals surface area contributed by atoms with Crippen LogP contribution in [0.15, 0.2) is 24.3 Å². The fourth-order valence-corrected chi connectivity index (χ4v) is 2.23. The molecular formula is C16H15ClN2O2. The topological polar surface area (TPSA) is 55.0 Å². The van der Waals surface area contributed by atoms with Crippen molar-refractivity contribution in [3.63, 3.8) is 0 Å². The standard InChI is InChI=1S/C16H15ClN2O2/c1-10-6-14(11(2)19(10)3)15(20)9-21-16-7-13(17)5-4-12(16)8-18/h4-7H,9H2,1-3H3. The van der Waals surface area contributed by atoms with Gasteiger partial charge in [-0.3, -0.25) is 4.79 Å². The number of nitriles is 1. The zero-order valence-corrected chi connectivity index (χ0v) is 12.9. The molecule has 0 amide bonds. The summed E-state index contributed by atoms with van der Waals surface area (Å²) in [4.78, 5) is 12.2. The Morgan fingerprint density at radius 1 is 1.38 bits per heavy atom. The number of carbonyl (C=O) groups is 1. The smallest absolute Gasteiger partial charge is 0.202 e. The molecule has 1 aromatic heterocycles. The molecule has 0 bridgehead atoms. The number of carbonyl (C=O) groups excluding carboxylic acids is 1. The van der Waals surface area contributed by atoms with E-state index in [0.717, 1.165) is 11.4 Å². The van der Waals surface area contributed by atoms with Gasteiger partial charge in [0.25, 0.3) is 0 Å². The molecule has 0 radical (unpaired) electrons. The summed E-state index contributed by atoms with van der Waals surface area (Å²) >= 11 is 5.88. The Labute approximate surface area is 128 Å². The molecule has 2 rings (SSSR count). The zero-order valence-electron chi connectivity index (χ0n) is 12.1. The van der Waals surface area contributed by atoms with Crippen LogP contribution in [0.5, 0.6) is 5.75 Å². The highest BCUT2D eigenvalue weighted by Gasteiger charge is 2.15. The van der Waals surface area contributed by atoms with Crippen LogP contribution in [-0.2, 0) is 7.05 Å². The van der Waals surface area contributed by atoms with Crippen molar-refractivity contribution in [2.75, 3.05) is 6.61 Å². The molecule has 0 spiro atoms. The summed E-state index contributed by atoms with van der Waals surface area (Å²) in [7, 11) is 1.91. The predicted octanol–water partition coefficient (Wildman–Crippen LogP) is 3.43. The van der Waals surface area contributed by atoms with Crippen molar-refractivity contribution in [2.45, 2.75) is 13.8 Å². The lowest BCUT2D eigenvalue weighted by atomic mass is 10.1. The molecule has 1 heterocycles. The number of benzene rings is 1. The second kappa shape index (κ2) is 6.02. The fraction of sp³-hybridized carbons (Fsp3) is 0.250. The van der Waals surface area contributed by atoms with Gasteiger partial charge in [-0.15, -0.1) is 0 Å². The Kier molecular flexibility index (Phi) is 4.35. The van der Waals surface area contributed by atoms with Crippen molar-refractivity contribution < 1.29 is 9.53 Å². The summed E-state index contributed by atoms with van der Waals surface area (Å²) in [5, 5.41) is 9.48. The number of aromatic nitrogens is 1. The maximum absolute atomic E-state index is 12.2. The number of ether oxygens (including phenoxy) is 1. The molecule has 0 saturated heterocycles. The highest BCUT2D eigenvalue weighted by atomic mass is 35.5. The number of hydrogen-bond acceptors (Lipinski definition) is 3. The van der Waals surface area contributed by atoms with Gasteiger partial charge in [0.15, 0.2) is 6.61 Å². The third kappa shape index (κ3) is 3.09. The SMILES string of the molecule is Cc1cc(C(=O)COc2cc(Cl)ccc2C#N)c(C)n1C. The number of hydrogen-bond donors (Lipinski definition) is 0. The van der Waals surface area contributed by atoms with Crippen LogP contribution in [0.1, 0.15) is 27.3 Å². The van der Waals surface area contributed by atoms with Gasteiger partial charge in [-0.2, -0.15) is 5.26 Å². The molecule has 108 valence electrons. The largest absolute Gasteiger partial charge is 0.484 e. The minimum atomic E-state index is -0.126. The number of aryl methyl sites for hydroxylation is 1. The zero-order chi connectivity index (χ0) is 15.6. The van der Waals surface area contributed by atoms with Crippen molar-refractivity contribution in [2.24, 2.45) is 7.05 Å². The van der Waals surface area contributed by atoms with E-state index in [1.807, 2.05) is 37.6 Å². The Hall–Kier alpha value is -2.25. The molecule has 0 fully saturated rings. The molecule has 0 saturated carbocycles. The summed E-state index contributed by atoms with van der Waals surface area (Å²) in [6.45, 7) is 3.70. The van der Waals surface area contributed by atoms with E-state index in [9.17, 15) is 4.79 Å². The van der Waals surface area contributed by atoms with E-state index in [-0.39, 0.29) is 12.4 Å². The van der Waals surface area contributed by atoms with Crippen LogP contribution in [0.3, 0.4) is 0 Å². The van der Waals surface area contributed by atoms with Crippen LogP contribution < -0.4 is 4.74 Å². The molecule has 0 unspecified atom stereocenters. The summed E-state index contributed by atoms with van der Waals surface area (Å²) in [5.41, 5.74) is 2.90. The van der Waals surface area contributed by atoms with Gasteiger partial charge in [0.2, 0.25) is 5.78 Å². The second-order valence-corrected chi connectivity index (χ2v) is 5.24. The molecule has 0 aliphatic heterocycles. The van der Waals surface area contributed by atoms with Gasteiger partial charge in [-0.25, -0.2) is 0 Å². The van der Waals surface area contributed by atoms with Crippen molar-refractivity contribution in [3.05, 3.63) is 51.8 Å². The maximum atomic E-state index is 12.2. The van der Waals surface area contributed by atoms with Gasteiger partial charge >= 0.3 is 0 Å². The van der Waals surface area contributed by atoms with Gasteiger partial charge in [0.1, 0.15) is 11.8 Å². The average molecular weight is 303 g/mol. The number of nitrogens with zero attached hydrogens (tertiary/aromatic N) is 2. The molecule has 0 aliphatic rings. The predicted molar refractivity (Wildman–Crippen MR) is 80.9 cm³/mol. The van der Waals surface area contributed by atoms with Crippen molar-refractivity contribution in [1.82, 2.24) is 4.57 Å². The number of halogens is 1. The van der Waals surface area contributed by atoms with Gasteiger partial charge in [0, 0.05) is 35.1 Å². The van der Waals surface area contributed by atoms with E-state index in [4.69, 9.17) is 21.6 Å². The first-order valence-corrected chi connectivity index (χ1v) is 6.80. The van der Waals surface area contributed by atoms with E-state index in [1.54, 1.807) is 12.1 Å². The number of ketones is 1. The first kappa shape index (κ1) is 15.1. The lowest BCUT2D eigenvalue weighted by molar-refractivity contribution is 0.0920. The second-order valence-electron chi connectivity index (χ2n) is 4.81. The van der Waals surface area contributed by atoms with E-state index >= 15 is 0 Å². The molecule has 0 atom stereocenters. The molecule has 21 heavy (non-hydrogen) atoms. The summed E-state index contributed by atoms with van der Waals surface area (Å²) < 4.78 is 7.42. The Balaban J connectivity index is 2.17. The Bertz CT molecular complexity index is 741. The van der Waals surface area contributed by atoms with Crippen molar-refractivity contribution in [1.29, 1.82) is 5.26 Å². The first-order valence-electron chi connectivity index (χ1n) is 6.42. The molecule has 0 aliphatic carbocycles. The van der Waals surface area contributed by atoms with Gasteiger partial charge < -0.3 is 9.30 Å². The van der Waals surface area contributed by atoms with Crippen LogP contribution in [0.2, 0.25) is 5.02 Å². The lowest BCUT2D eigenvalue weighted by Gasteiger charge is -2.08. The van der Waals surface area contributed by atoms with Crippen LogP contribution in [0.4, 0.5) is 0 Å². The molecule has 1 aromatic carbocycles. The number of Topliss-reactive ketones (excluding diaryl/α,β-unsaturated/α-hetero) is 1. The minimum Gasteiger partial charge on any atom is -0.484 e. The van der Waals surface area contributed by atoms with E-state index in [0.29, 0.717) is 21.9 Å². The van der Waals surface area contributed by atoms with E-state index < -0.39 is 0 Å². The average Bonchev–Trinajstić information content (AvgIpc) is 2.72. The first-order chi connectivity index (χ1) is 9.93. The van der Waals surface area contributed by atoms with Crippen LogP contribution >= 0.6 is 11.6 Å². The Morgan fingerprint density at radius 3 is 2.67 bits per heavy atom. The summed E-state index contributed by atoms with van der Waals surface area (Å²) in [5.74, 6) is 0.198. The highest BCUT2D eigenvalue weighted by molar-refractivity contribution is 6.30. The quantitative estimate of drug-likeness (QED) is 0.813. The van der Waals surface area contributed by atoms with Crippen LogP contribution in [0, 0.1) is 25.2 Å². The lowest BCUT2D eigenvalue weighted by Crippen LogP contribution is -2.13. The maximum Gasteiger partial charge on any atom is 0.202 e. The molecule has 0 N–H and O–H groups in total. The molecular weight excluding hydrogens is 288 g/mol.